The summed E-state index contributed by atoms with van der Waals surface area (Å²) in [6.45, 7) is 4.27. The lowest BCUT2D eigenvalue weighted by atomic mass is 10.3. The van der Waals surface area contributed by atoms with E-state index in [1.54, 1.807) is 6.92 Å². The molecule has 0 aliphatic carbocycles. The van der Waals surface area contributed by atoms with E-state index >= 15 is 0 Å². The Labute approximate surface area is 115 Å². The molecule has 0 spiro atoms. The first-order chi connectivity index (χ1) is 8.52. The van der Waals surface area contributed by atoms with Crippen LogP contribution in [-0.4, -0.2) is 25.0 Å². The maximum absolute atomic E-state index is 11.4. The van der Waals surface area contributed by atoms with E-state index in [0.29, 0.717) is 10.9 Å². The van der Waals surface area contributed by atoms with Crippen molar-refractivity contribution in [1.29, 1.82) is 0 Å². The quantitative estimate of drug-likeness (QED) is 0.775. The molecule has 1 aromatic rings. The van der Waals surface area contributed by atoms with Gasteiger partial charge in [-0.1, -0.05) is 11.6 Å². The van der Waals surface area contributed by atoms with Crippen LogP contribution in [0.5, 0.6) is 0 Å². The van der Waals surface area contributed by atoms with Crippen molar-refractivity contribution < 1.29 is 9.59 Å². The zero-order chi connectivity index (χ0) is 13.5. The van der Waals surface area contributed by atoms with Gasteiger partial charge in [-0.05, 0) is 26.0 Å². The van der Waals surface area contributed by atoms with Crippen molar-refractivity contribution in [2.75, 3.05) is 13.1 Å². The van der Waals surface area contributed by atoms with Crippen LogP contribution in [-0.2, 0) is 4.79 Å². The number of amides is 3. The molecule has 0 aliphatic rings. The van der Waals surface area contributed by atoms with Gasteiger partial charge in [-0.15, -0.1) is 11.3 Å². The number of hydrogen-bond acceptors (Lipinski definition) is 4. The maximum atomic E-state index is 11.4. The first kappa shape index (κ1) is 14.9. The van der Waals surface area contributed by atoms with E-state index in [9.17, 15) is 9.59 Å². The van der Waals surface area contributed by atoms with E-state index in [4.69, 9.17) is 11.6 Å². The number of imide groups is 1. The molecular weight excluding hydrogens is 274 g/mol. The van der Waals surface area contributed by atoms with Crippen molar-refractivity contribution in [3.8, 4) is 0 Å². The van der Waals surface area contributed by atoms with Gasteiger partial charge in [0, 0.05) is 17.5 Å². The fourth-order valence-electron chi connectivity index (χ4n) is 1.28. The second-order valence-electron chi connectivity index (χ2n) is 3.65. The summed E-state index contributed by atoms with van der Waals surface area (Å²) in [6.07, 6.45) is 0. The number of nitrogens with one attached hydrogen (secondary N) is 3. The first-order valence-corrected chi connectivity index (χ1v) is 6.78. The van der Waals surface area contributed by atoms with Crippen molar-refractivity contribution in [2.24, 2.45) is 0 Å². The summed E-state index contributed by atoms with van der Waals surface area (Å²) in [5, 5.41) is 7.72. The molecule has 1 heterocycles. The average molecular weight is 290 g/mol. The van der Waals surface area contributed by atoms with E-state index in [1.165, 1.54) is 11.3 Å². The van der Waals surface area contributed by atoms with Gasteiger partial charge < -0.3 is 10.6 Å². The minimum absolute atomic E-state index is 0.0162. The van der Waals surface area contributed by atoms with Crippen molar-refractivity contribution >= 4 is 34.9 Å². The molecule has 100 valence electrons. The highest BCUT2D eigenvalue weighted by Gasteiger charge is 2.11. The van der Waals surface area contributed by atoms with Gasteiger partial charge in [0.1, 0.15) is 0 Å². The van der Waals surface area contributed by atoms with Crippen LogP contribution in [0.3, 0.4) is 0 Å². The van der Waals surface area contributed by atoms with Gasteiger partial charge in [-0.25, -0.2) is 4.79 Å². The molecule has 0 saturated heterocycles. The van der Waals surface area contributed by atoms with Crippen LogP contribution in [0.2, 0.25) is 4.34 Å². The molecule has 0 aromatic carbocycles. The Balaban J connectivity index is 2.32. The number of rotatable bonds is 5. The van der Waals surface area contributed by atoms with E-state index < -0.39 is 6.03 Å². The van der Waals surface area contributed by atoms with Crippen molar-refractivity contribution in [3.05, 3.63) is 21.3 Å². The molecule has 3 N–H and O–H groups in total. The Hall–Kier alpha value is -1.11. The second kappa shape index (κ2) is 7.35. The molecule has 3 amide bonds. The molecular formula is C11H16ClN3O2S. The minimum Gasteiger partial charge on any atom is -0.338 e. The second-order valence-corrected chi connectivity index (χ2v) is 5.40. The number of carbonyl (C=O) groups is 2. The lowest BCUT2D eigenvalue weighted by molar-refractivity contribution is -0.119. The molecule has 0 aliphatic heterocycles. The van der Waals surface area contributed by atoms with E-state index in [0.717, 1.165) is 4.88 Å². The van der Waals surface area contributed by atoms with Crippen LogP contribution in [0, 0.1) is 0 Å². The number of carbonyl (C=O) groups excluding carboxylic acids is 2. The molecule has 1 atom stereocenters. The molecule has 1 unspecified atom stereocenters. The topological polar surface area (TPSA) is 70.2 Å². The Bertz CT molecular complexity index is 422. The predicted octanol–water partition coefficient (Wildman–Crippen LogP) is 1.90. The van der Waals surface area contributed by atoms with E-state index in [1.807, 2.05) is 19.1 Å². The summed E-state index contributed by atoms with van der Waals surface area (Å²) in [4.78, 5) is 23.5. The lowest BCUT2D eigenvalue weighted by Crippen LogP contribution is -2.43. The van der Waals surface area contributed by atoms with Crippen LogP contribution >= 0.6 is 22.9 Å². The zero-order valence-electron chi connectivity index (χ0n) is 10.2. The van der Waals surface area contributed by atoms with Crippen LogP contribution < -0.4 is 16.0 Å². The van der Waals surface area contributed by atoms with E-state index in [-0.39, 0.29) is 18.5 Å². The normalized spacial score (nSPS) is 11.9. The molecule has 5 nitrogen and oxygen atoms in total. The Morgan fingerprint density at radius 2 is 2.17 bits per heavy atom. The molecule has 1 rings (SSSR count). The summed E-state index contributed by atoms with van der Waals surface area (Å²) in [7, 11) is 0. The van der Waals surface area contributed by atoms with Crippen LogP contribution in [0.15, 0.2) is 12.1 Å². The highest BCUT2D eigenvalue weighted by Crippen LogP contribution is 2.26. The smallest absolute Gasteiger partial charge is 0.321 e. The highest BCUT2D eigenvalue weighted by molar-refractivity contribution is 7.16. The number of urea groups is 1. The van der Waals surface area contributed by atoms with Crippen molar-refractivity contribution in [2.45, 2.75) is 19.9 Å². The predicted molar refractivity (Wildman–Crippen MR) is 73.0 cm³/mol. The number of thiophene rings is 1. The number of halogens is 1. The monoisotopic (exact) mass is 289 g/mol. The molecule has 0 fully saturated rings. The Kier molecular flexibility index (Phi) is 6.11. The van der Waals surface area contributed by atoms with Gasteiger partial charge in [0.2, 0.25) is 5.91 Å². The zero-order valence-corrected chi connectivity index (χ0v) is 11.8. The third kappa shape index (κ3) is 5.03. The third-order valence-corrected chi connectivity index (χ3v) is 3.59. The van der Waals surface area contributed by atoms with Gasteiger partial charge in [0.05, 0.1) is 10.9 Å². The molecule has 0 bridgehead atoms. The van der Waals surface area contributed by atoms with Crippen LogP contribution in [0.4, 0.5) is 4.79 Å². The molecule has 18 heavy (non-hydrogen) atoms. The summed E-state index contributed by atoms with van der Waals surface area (Å²) < 4.78 is 0.713. The van der Waals surface area contributed by atoms with Gasteiger partial charge in [0.25, 0.3) is 0 Å². The summed E-state index contributed by atoms with van der Waals surface area (Å²) in [6, 6.07) is 3.26. The van der Waals surface area contributed by atoms with Gasteiger partial charge in [0.15, 0.2) is 0 Å². The number of hydrogen-bond donors (Lipinski definition) is 3. The summed E-state index contributed by atoms with van der Waals surface area (Å²) >= 11 is 7.29. The molecule has 1 aromatic heterocycles. The fourth-order valence-corrected chi connectivity index (χ4v) is 2.37. The molecule has 0 saturated carbocycles. The molecule has 7 heteroatoms. The van der Waals surface area contributed by atoms with Crippen molar-refractivity contribution in [3.63, 3.8) is 0 Å². The average Bonchev–Trinajstić information content (AvgIpc) is 2.73. The first-order valence-electron chi connectivity index (χ1n) is 5.59. The standard InChI is InChI=1S/C11H16ClN3O2S/c1-3-13-11(17)15-10(16)6-14-7(2)8-4-5-9(12)18-8/h4-5,7,14H,3,6H2,1-2H3,(H2,13,15,16,17). The van der Waals surface area contributed by atoms with Gasteiger partial charge >= 0.3 is 6.03 Å². The largest absolute Gasteiger partial charge is 0.338 e. The lowest BCUT2D eigenvalue weighted by Gasteiger charge is -2.11. The summed E-state index contributed by atoms with van der Waals surface area (Å²) in [5.41, 5.74) is 0. The van der Waals surface area contributed by atoms with E-state index in [2.05, 4.69) is 16.0 Å². The van der Waals surface area contributed by atoms with Gasteiger partial charge in [-0.3, -0.25) is 10.1 Å². The highest BCUT2D eigenvalue weighted by atomic mass is 35.5. The van der Waals surface area contributed by atoms with Gasteiger partial charge in [-0.2, -0.15) is 0 Å². The molecule has 0 radical (unpaired) electrons. The Morgan fingerprint density at radius 3 is 2.72 bits per heavy atom. The summed E-state index contributed by atoms with van der Waals surface area (Å²) in [5.74, 6) is -0.365. The minimum atomic E-state index is -0.476. The SMILES string of the molecule is CCNC(=O)NC(=O)CNC(C)c1ccc(Cl)s1. The maximum Gasteiger partial charge on any atom is 0.321 e. The van der Waals surface area contributed by atoms with Crippen LogP contribution in [0.25, 0.3) is 0 Å². The Morgan fingerprint density at radius 1 is 1.44 bits per heavy atom. The fraction of sp³-hybridized carbons (Fsp3) is 0.455. The third-order valence-electron chi connectivity index (χ3n) is 2.18. The van der Waals surface area contributed by atoms with Crippen molar-refractivity contribution in [1.82, 2.24) is 16.0 Å². The van der Waals surface area contributed by atoms with Crippen LogP contribution in [0.1, 0.15) is 24.8 Å².